The van der Waals surface area contributed by atoms with E-state index in [1.165, 1.54) is 57.8 Å². The molecule has 0 aromatic rings. The van der Waals surface area contributed by atoms with Crippen LogP contribution in [-0.4, -0.2) is 40.1 Å². The maximum Gasteiger partial charge on any atom is 0.188 e. The lowest BCUT2D eigenvalue weighted by Crippen LogP contribution is -3.00. The highest BCUT2D eigenvalue weighted by atomic mass is 79.9. The minimum atomic E-state index is -0.266. The summed E-state index contributed by atoms with van der Waals surface area (Å²) in [5, 5.41) is 18.5. The maximum absolute atomic E-state index is 12.2. The third kappa shape index (κ3) is 8.41. The zero-order valence-corrected chi connectivity index (χ0v) is 17.4. The lowest BCUT2D eigenvalue weighted by molar-refractivity contribution is -0.119. The molecule has 0 spiro atoms. The Morgan fingerprint density at radius 3 is 2.04 bits per heavy atom. The third-order valence-corrected chi connectivity index (χ3v) is 4.88. The van der Waals surface area contributed by atoms with Crippen LogP contribution in [0.5, 0.6) is 0 Å². The Morgan fingerprint density at radius 2 is 1.56 bits per heavy atom. The summed E-state index contributed by atoms with van der Waals surface area (Å²) in [7, 11) is 0. The lowest BCUT2D eigenvalue weighted by atomic mass is 9.94. The second-order valence-electron chi connectivity index (χ2n) is 6.82. The van der Waals surface area contributed by atoms with Gasteiger partial charge in [-0.3, -0.25) is 4.79 Å². The normalized spacial score (nSPS) is 19.1. The molecule has 1 unspecified atom stereocenters. The van der Waals surface area contributed by atoms with Crippen LogP contribution in [0.15, 0.2) is 23.6 Å². The van der Waals surface area contributed by atoms with Crippen molar-refractivity contribution in [3.05, 3.63) is 23.6 Å². The number of carbonyl (C=O) groups excluding carboxylic acids is 1. The van der Waals surface area contributed by atoms with Gasteiger partial charge in [0.1, 0.15) is 0 Å². The monoisotopic (exact) mass is 416 g/mol. The minimum Gasteiger partial charge on any atom is -1.00 e. The number of ketones is 1. The second kappa shape index (κ2) is 14.4. The van der Waals surface area contributed by atoms with Gasteiger partial charge < -0.3 is 32.1 Å². The van der Waals surface area contributed by atoms with Gasteiger partial charge >= 0.3 is 0 Å². The maximum atomic E-state index is 12.2. The van der Waals surface area contributed by atoms with Gasteiger partial charge in [-0.2, -0.15) is 0 Å². The van der Waals surface area contributed by atoms with Gasteiger partial charge in [0.15, 0.2) is 5.78 Å². The summed E-state index contributed by atoms with van der Waals surface area (Å²) in [4.78, 5) is 14.2. The van der Waals surface area contributed by atoms with Crippen LogP contribution in [0.2, 0.25) is 0 Å². The number of Topliss-reactive ketones (excluding diaryl/α,β-unsaturated/α-hetero) is 1. The molecule has 0 saturated heterocycles. The van der Waals surface area contributed by atoms with Gasteiger partial charge in [0.05, 0.1) is 24.5 Å². The van der Waals surface area contributed by atoms with Crippen molar-refractivity contribution in [3.8, 4) is 0 Å². The summed E-state index contributed by atoms with van der Waals surface area (Å²) in [6.07, 6.45) is 15.5. The van der Waals surface area contributed by atoms with Crippen molar-refractivity contribution in [2.75, 3.05) is 13.2 Å². The third-order valence-electron chi connectivity index (χ3n) is 4.88. The molecule has 0 aliphatic carbocycles. The number of nitrogens with zero attached hydrogens (tertiary/aromatic N) is 1. The molecular formula is C20H35BrNO3-. The Balaban J connectivity index is 0.00000576. The molecule has 4 nitrogen and oxygen atoms in total. The van der Waals surface area contributed by atoms with Crippen LogP contribution in [0.3, 0.4) is 0 Å². The molecule has 0 aromatic carbocycles. The number of halogens is 1. The number of carbonyl (C=O) groups is 1. The van der Waals surface area contributed by atoms with E-state index >= 15 is 0 Å². The van der Waals surface area contributed by atoms with Gasteiger partial charge in [-0.15, -0.1) is 0 Å². The standard InChI is InChI=1S/C20H35NO3.BrH/c1-3-4-5-6-7-8-9-10-11-12-13-21-14-18(15-22)19(16-23)20(24)17(21)2;/h14,16-17,22-23H,3-13,15H2,1-2H3;1H/p-1. The number of hydrogen-bond acceptors (Lipinski definition) is 4. The molecule has 1 aliphatic rings. The highest BCUT2D eigenvalue weighted by Gasteiger charge is 2.29. The Morgan fingerprint density at radius 1 is 1.04 bits per heavy atom. The molecule has 2 N–H and O–H groups in total. The highest BCUT2D eigenvalue weighted by molar-refractivity contribution is 6.03. The lowest BCUT2D eigenvalue weighted by Gasteiger charge is -2.32. The van der Waals surface area contributed by atoms with Crippen LogP contribution >= 0.6 is 0 Å². The highest BCUT2D eigenvalue weighted by Crippen LogP contribution is 2.23. The predicted octanol–water partition coefficient (Wildman–Crippen LogP) is 1.50. The Labute approximate surface area is 163 Å². The molecule has 0 fully saturated rings. The number of hydrogen-bond donors (Lipinski definition) is 2. The Hall–Kier alpha value is -0.810. The number of aliphatic hydroxyl groups is 2. The Kier molecular flexibility index (Phi) is 13.9. The summed E-state index contributed by atoms with van der Waals surface area (Å²) in [5.41, 5.74) is 0.747. The van der Waals surface area contributed by atoms with Gasteiger partial charge in [0, 0.05) is 18.3 Å². The van der Waals surface area contributed by atoms with E-state index in [0.717, 1.165) is 19.2 Å². The first-order valence-electron chi connectivity index (χ1n) is 9.62. The number of unbranched alkanes of at least 4 members (excludes halogenated alkanes) is 9. The molecule has 1 rings (SSSR count). The first-order valence-corrected chi connectivity index (χ1v) is 9.62. The van der Waals surface area contributed by atoms with Crippen LogP contribution in [0, 0.1) is 0 Å². The molecule has 0 aromatic heterocycles. The Bertz CT molecular complexity index is 435. The van der Waals surface area contributed by atoms with E-state index in [1.807, 2.05) is 18.0 Å². The average Bonchev–Trinajstić information content (AvgIpc) is 2.59. The van der Waals surface area contributed by atoms with Crippen LogP contribution in [-0.2, 0) is 4.79 Å². The van der Waals surface area contributed by atoms with Gasteiger partial charge in [0.25, 0.3) is 0 Å². The summed E-state index contributed by atoms with van der Waals surface area (Å²) in [5.74, 6) is -0.115. The van der Waals surface area contributed by atoms with E-state index in [2.05, 4.69) is 6.92 Å². The molecule has 0 radical (unpaired) electrons. The van der Waals surface area contributed by atoms with Crippen LogP contribution in [0.1, 0.15) is 78.1 Å². The van der Waals surface area contributed by atoms with Crippen molar-refractivity contribution in [1.29, 1.82) is 0 Å². The zero-order valence-electron chi connectivity index (χ0n) is 15.8. The quantitative estimate of drug-likeness (QED) is 0.287. The van der Waals surface area contributed by atoms with Crippen molar-refractivity contribution < 1.29 is 32.0 Å². The van der Waals surface area contributed by atoms with Crippen molar-refractivity contribution in [2.45, 2.75) is 84.1 Å². The summed E-state index contributed by atoms with van der Waals surface area (Å²) < 4.78 is 0. The zero-order chi connectivity index (χ0) is 17.8. The van der Waals surface area contributed by atoms with E-state index in [1.54, 1.807) is 0 Å². The van der Waals surface area contributed by atoms with Crippen LogP contribution in [0.25, 0.3) is 0 Å². The molecule has 5 heteroatoms. The molecule has 1 heterocycles. The smallest absolute Gasteiger partial charge is 0.188 e. The SMILES string of the molecule is CCCCCCCCCCCCN1C=C(CO)C(=CO)C(=O)C1C.[Br-]. The number of rotatable bonds is 12. The van der Waals surface area contributed by atoms with Gasteiger partial charge in [-0.25, -0.2) is 0 Å². The molecule has 1 aliphatic heterocycles. The molecule has 1 atom stereocenters. The van der Waals surface area contributed by atoms with Gasteiger partial charge in [-0.05, 0) is 13.3 Å². The summed E-state index contributed by atoms with van der Waals surface area (Å²) >= 11 is 0. The van der Waals surface area contributed by atoms with Crippen molar-refractivity contribution >= 4 is 5.78 Å². The first-order chi connectivity index (χ1) is 11.7. The molecule has 25 heavy (non-hydrogen) atoms. The van der Waals surface area contributed by atoms with Crippen LogP contribution < -0.4 is 17.0 Å². The largest absolute Gasteiger partial charge is 1.00 e. The van der Waals surface area contributed by atoms with Gasteiger partial charge in [-0.1, -0.05) is 64.7 Å². The van der Waals surface area contributed by atoms with Gasteiger partial charge in [0.2, 0.25) is 0 Å². The van der Waals surface area contributed by atoms with E-state index in [-0.39, 0.29) is 41.0 Å². The fraction of sp³-hybridized carbons (Fsp3) is 0.750. The van der Waals surface area contributed by atoms with Crippen LogP contribution in [0.4, 0.5) is 0 Å². The summed E-state index contributed by atoms with van der Waals surface area (Å²) in [6, 6.07) is -0.266. The molecule has 0 saturated carbocycles. The average molecular weight is 417 g/mol. The number of aliphatic hydroxyl groups excluding tert-OH is 2. The first kappa shape index (κ1) is 24.2. The molecule has 0 bridgehead atoms. The fourth-order valence-electron chi connectivity index (χ4n) is 3.23. The van der Waals surface area contributed by atoms with E-state index in [9.17, 15) is 15.0 Å². The van der Waals surface area contributed by atoms with E-state index in [4.69, 9.17) is 0 Å². The van der Waals surface area contributed by atoms with Crippen molar-refractivity contribution in [1.82, 2.24) is 4.90 Å². The predicted molar refractivity (Wildman–Crippen MR) is 98.9 cm³/mol. The molecular weight excluding hydrogens is 382 g/mol. The summed E-state index contributed by atoms with van der Waals surface area (Å²) in [6.45, 7) is 4.70. The fourth-order valence-corrected chi connectivity index (χ4v) is 3.23. The molecule has 0 amide bonds. The van der Waals surface area contributed by atoms with Crippen molar-refractivity contribution in [3.63, 3.8) is 0 Å². The van der Waals surface area contributed by atoms with E-state index < -0.39 is 0 Å². The van der Waals surface area contributed by atoms with E-state index in [0.29, 0.717) is 5.57 Å². The second-order valence-corrected chi connectivity index (χ2v) is 6.82. The minimum absolute atomic E-state index is 0. The topological polar surface area (TPSA) is 60.8 Å². The van der Waals surface area contributed by atoms with Crippen molar-refractivity contribution in [2.24, 2.45) is 0 Å². The molecule has 146 valence electrons.